The van der Waals surface area contributed by atoms with Gasteiger partial charge in [0.2, 0.25) is 17.8 Å². The van der Waals surface area contributed by atoms with E-state index in [9.17, 15) is 22.0 Å². The molecule has 178 valence electrons. The lowest BCUT2D eigenvalue weighted by Gasteiger charge is -2.16. The van der Waals surface area contributed by atoms with Crippen LogP contribution in [0.3, 0.4) is 0 Å². The summed E-state index contributed by atoms with van der Waals surface area (Å²) in [6.07, 6.45) is -2.04. The number of hydrogen-bond donors (Lipinski definition) is 2. The summed E-state index contributed by atoms with van der Waals surface area (Å²) in [7, 11) is 0. The molecule has 2 aliphatic carbocycles. The molecule has 0 radical (unpaired) electrons. The van der Waals surface area contributed by atoms with Crippen molar-refractivity contribution in [2.24, 2.45) is 0 Å². The van der Waals surface area contributed by atoms with Gasteiger partial charge in [0.25, 0.3) is 0 Å². The molecule has 2 N–H and O–H groups in total. The van der Waals surface area contributed by atoms with E-state index in [0.717, 1.165) is 17.3 Å². The van der Waals surface area contributed by atoms with Crippen molar-refractivity contribution in [3.05, 3.63) is 53.5 Å². The van der Waals surface area contributed by atoms with Crippen molar-refractivity contribution >= 4 is 11.9 Å². The molecule has 3 aromatic rings. The summed E-state index contributed by atoms with van der Waals surface area (Å²) in [4.78, 5) is 20.8. The van der Waals surface area contributed by atoms with Gasteiger partial charge in [0, 0.05) is 43.2 Å². The number of anilines is 2. The molecule has 2 atom stereocenters. The maximum atomic E-state index is 13.6. The molecule has 0 aromatic carbocycles. The standard InChI is InChI=1S/C22H20F5N7/c23-21(24)7-6-13(11-21)29-19-32-18(15-4-1-5-17(31-15)22(25,26)27)33-20(34-19)30-14-9-12-3-2-8-28-16(12)10-14/h1-5,8,13-14H,6-7,9-11H2,(H2,29,30,32,33,34). The number of rotatable bonds is 5. The monoisotopic (exact) mass is 477 g/mol. The Bertz CT molecular complexity index is 1180. The van der Waals surface area contributed by atoms with E-state index in [4.69, 9.17) is 0 Å². The Morgan fingerprint density at radius 2 is 1.65 bits per heavy atom. The van der Waals surface area contributed by atoms with Crippen LogP contribution in [0.2, 0.25) is 0 Å². The highest BCUT2D eigenvalue weighted by Crippen LogP contribution is 2.36. The Morgan fingerprint density at radius 3 is 2.32 bits per heavy atom. The predicted molar refractivity (Wildman–Crippen MR) is 113 cm³/mol. The zero-order valence-corrected chi connectivity index (χ0v) is 17.8. The minimum absolute atomic E-state index is 0.00282. The number of pyridine rings is 2. The van der Waals surface area contributed by atoms with Gasteiger partial charge in [-0.25, -0.2) is 13.8 Å². The first-order chi connectivity index (χ1) is 16.1. The Kier molecular flexibility index (Phi) is 5.53. The van der Waals surface area contributed by atoms with Gasteiger partial charge in [0.05, 0.1) is 0 Å². The van der Waals surface area contributed by atoms with E-state index in [1.54, 1.807) is 6.20 Å². The Balaban J connectivity index is 1.45. The fraction of sp³-hybridized carbons (Fsp3) is 0.409. The molecule has 0 saturated heterocycles. The highest BCUT2D eigenvalue weighted by Gasteiger charge is 2.40. The van der Waals surface area contributed by atoms with Crippen molar-refractivity contribution in [2.75, 3.05) is 10.6 Å². The zero-order valence-electron chi connectivity index (χ0n) is 17.8. The van der Waals surface area contributed by atoms with Crippen molar-refractivity contribution in [3.63, 3.8) is 0 Å². The van der Waals surface area contributed by atoms with Crippen LogP contribution < -0.4 is 10.6 Å². The van der Waals surface area contributed by atoms with Crippen molar-refractivity contribution in [1.82, 2.24) is 24.9 Å². The molecule has 3 heterocycles. The van der Waals surface area contributed by atoms with E-state index >= 15 is 0 Å². The van der Waals surface area contributed by atoms with Crippen LogP contribution in [0.5, 0.6) is 0 Å². The first kappa shape index (κ1) is 22.4. The van der Waals surface area contributed by atoms with Gasteiger partial charge in [-0.15, -0.1) is 0 Å². The zero-order chi connectivity index (χ0) is 23.9. The summed E-state index contributed by atoms with van der Waals surface area (Å²) in [5, 5.41) is 6.07. The van der Waals surface area contributed by atoms with Crippen molar-refractivity contribution in [3.8, 4) is 11.5 Å². The van der Waals surface area contributed by atoms with Crippen LogP contribution in [-0.4, -0.2) is 42.9 Å². The molecule has 1 saturated carbocycles. The van der Waals surface area contributed by atoms with Crippen LogP contribution in [0, 0.1) is 0 Å². The van der Waals surface area contributed by atoms with Crippen LogP contribution in [0.15, 0.2) is 36.5 Å². The second-order valence-electron chi connectivity index (χ2n) is 8.51. The van der Waals surface area contributed by atoms with Gasteiger partial charge in [-0.3, -0.25) is 4.98 Å². The molecule has 0 spiro atoms. The van der Waals surface area contributed by atoms with Crippen LogP contribution >= 0.6 is 0 Å². The third-order valence-electron chi connectivity index (χ3n) is 5.86. The maximum absolute atomic E-state index is 13.6. The first-order valence-electron chi connectivity index (χ1n) is 10.8. The van der Waals surface area contributed by atoms with Gasteiger partial charge in [-0.05, 0) is 36.6 Å². The smallest absolute Gasteiger partial charge is 0.351 e. The maximum Gasteiger partial charge on any atom is 0.433 e. The number of hydrogen-bond acceptors (Lipinski definition) is 7. The normalized spacial score (nSPS) is 21.3. The summed E-state index contributed by atoms with van der Waals surface area (Å²) >= 11 is 0. The highest BCUT2D eigenvalue weighted by molar-refractivity contribution is 5.54. The summed E-state index contributed by atoms with van der Waals surface area (Å²) in [5.74, 6) is -2.75. The summed E-state index contributed by atoms with van der Waals surface area (Å²) < 4.78 is 66.8. The number of halogens is 5. The highest BCUT2D eigenvalue weighted by atomic mass is 19.4. The third-order valence-corrected chi connectivity index (χ3v) is 5.86. The SMILES string of the molecule is FC1(F)CCC(Nc2nc(NC3Cc4cccnc4C3)nc(-c3cccc(C(F)(F)F)n3)n2)C1. The van der Waals surface area contributed by atoms with Gasteiger partial charge in [-0.2, -0.15) is 28.1 Å². The molecule has 7 nitrogen and oxygen atoms in total. The number of nitrogens with zero attached hydrogens (tertiary/aromatic N) is 5. The first-order valence-corrected chi connectivity index (χ1v) is 10.8. The quantitative estimate of drug-likeness (QED) is 0.522. The van der Waals surface area contributed by atoms with E-state index in [1.165, 1.54) is 12.1 Å². The predicted octanol–water partition coefficient (Wildman–Crippen LogP) is 4.53. The molecular formula is C22H20F5N7. The molecular weight excluding hydrogens is 457 g/mol. The molecule has 12 heteroatoms. The van der Waals surface area contributed by atoms with E-state index in [-0.39, 0.29) is 48.7 Å². The van der Waals surface area contributed by atoms with Crippen LogP contribution in [0.25, 0.3) is 11.5 Å². The van der Waals surface area contributed by atoms with Crippen LogP contribution in [0.4, 0.5) is 33.8 Å². The molecule has 1 fully saturated rings. The number of alkyl halides is 5. The molecule has 3 aromatic heterocycles. The Labute approximate surface area is 191 Å². The minimum Gasteiger partial charge on any atom is -0.351 e. The molecule has 0 amide bonds. The van der Waals surface area contributed by atoms with Crippen LogP contribution in [-0.2, 0) is 19.0 Å². The van der Waals surface area contributed by atoms with Gasteiger partial charge < -0.3 is 10.6 Å². The Morgan fingerprint density at radius 1 is 0.882 bits per heavy atom. The molecule has 2 aliphatic rings. The third kappa shape index (κ3) is 4.90. The minimum atomic E-state index is -4.64. The lowest BCUT2D eigenvalue weighted by molar-refractivity contribution is -0.141. The van der Waals surface area contributed by atoms with Gasteiger partial charge in [0.1, 0.15) is 11.4 Å². The molecule has 0 aliphatic heterocycles. The number of nitrogens with one attached hydrogen (secondary N) is 2. The summed E-state index contributed by atoms with van der Waals surface area (Å²) in [6, 6.07) is 6.60. The summed E-state index contributed by atoms with van der Waals surface area (Å²) in [5.41, 5.74) is 0.847. The van der Waals surface area contributed by atoms with Crippen molar-refractivity contribution in [1.29, 1.82) is 0 Å². The van der Waals surface area contributed by atoms with Gasteiger partial charge in [-0.1, -0.05) is 12.1 Å². The number of aromatic nitrogens is 5. The summed E-state index contributed by atoms with van der Waals surface area (Å²) in [6.45, 7) is 0. The van der Waals surface area contributed by atoms with Crippen molar-refractivity contribution < 1.29 is 22.0 Å². The van der Waals surface area contributed by atoms with E-state index in [1.807, 2.05) is 12.1 Å². The van der Waals surface area contributed by atoms with Gasteiger partial charge in [0.15, 0.2) is 5.82 Å². The largest absolute Gasteiger partial charge is 0.433 e. The molecule has 5 rings (SSSR count). The fourth-order valence-electron chi connectivity index (χ4n) is 4.29. The van der Waals surface area contributed by atoms with E-state index in [0.29, 0.717) is 12.8 Å². The average molecular weight is 477 g/mol. The second-order valence-corrected chi connectivity index (χ2v) is 8.51. The fourth-order valence-corrected chi connectivity index (χ4v) is 4.29. The lowest BCUT2D eigenvalue weighted by Crippen LogP contribution is -2.24. The Hall–Kier alpha value is -3.44. The molecule has 34 heavy (non-hydrogen) atoms. The molecule has 2 unspecified atom stereocenters. The van der Waals surface area contributed by atoms with Gasteiger partial charge >= 0.3 is 6.18 Å². The van der Waals surface area contributed by atoms with Crippen LogP contribution in [0.1, 0.15) is 36.2 Å². The van der Waals surface area contributed by atoms with Crippen molar-refractivity contribution in [2.45, 2.75) is 56.3 Å². The average Bonchev–Trinajstić information content (AvgIpc) is 3.34. The topological polar surface area (TPSA) is 88.5 Å². The number of fused-ring (bicyclic) bond motifs is 1. The molecule has 0 bridgehead atoms. The second kappa shape index (κ2) is 8.41. The lowest BCUT2D eigenvalue weighted by atomic mass is 10.2. The van der Waals surface area contributed by atoms with E-state index in [2.05, 4.69) is 35.6 Å². The van der Waals surface area contributed by atoms with E-state index < -0.39 is 23.8 Å².